The Labute approximate surface area is 205 Å². The number of aromatic amines is 1. The Bertz CT molecular complexity index is 1440. The van der Waals surface area contributed by atoms with Crippen LogP contribution in [-0.2, 0) is 12.5 Å². The van der Waals surface area contributed by atoms with Crippen molar-refractivity contribution < 1.29 is 36.2 Å². The number of hydrogen-bond donors (Lipinski definition) is 2. The molecular weight excluding hydrogens is 510 g/mol. The van der Waals surface area contributed by atoms with Crippen LogP contribution in [0, 0.1) is 20.8 Å². The SMILES string of the molecule is Cc1cc(C(F)F)cc(Oc2c(C(F)(F)C(F)F)ncn(Cc3c(C)nc(C(C)O)[nH]c3=O)c2=O)c1C. The van der Waals surface area contributed by atoms with Crippen molar-refractivity contribution in [2.45, 2.75) is 59.1 Å². The summed E-state index contributed by atoms with van der Waals surface area (Å²) in [6.45, 7) is 5.00. The Morgan fingerprint density at radius 2 is 1.78 bits per heavy atom. The number of nitrogens with one attached hydrogen (secondary N) is 1. The van der Waals surface area contributed by atoms with Gasteiger partial charge in [0.2, 0.25) is 5.75 Å². The molecule has 1 unspecified atom stereocenters. The second kappa shape index (κ2) is 10.4. The fourth-order valence-electron chi connectivity index (χ4n) is 3.40. The van der Waals surface area contributed by atoms with Crippen LogP contribution in [0.15, 0.2) is 28.0 Å². The van der Waals surface area contributed by atoms with Crippen molar-refractivity contribution in [3.63, 3.8) is 0 Å². The fraction of sp³-hybridized carbons (Fsp3) is 0.391. The summed E-state index contributed by atoms with van der Waals surface area (Å²) in [5.74, 6) is -6.73. The maximum atomic E-state index is 14.4. The van der Waals surface area contributed by atoms with E-state index >= 15 is 0 Å². The maximum absolute atomic E-state index is 14.4. The van der Waals surface area contributed by atoms with Crippen LogP contribution in [0.3, 0.4) is 0 Å². The summed E-state index contributed by atoms with van der Waals surface area (Å²) < 4.78 is 87.7. The molecule has 0 saturated carbocycles. The average molecular weight is 532 g/mol. The van der Waals surface area contributed by atoms with E-state index in [2.05, 4.69) is 15.0 Å². The van der Waals surface area contributed by atoms with Crippen molar-refractivity contribution in [3.8, 4) is 11.5 Å². The van der Waals surface area contributed by atoms with Crippen molar-refractivity contribution in [2.75, 3.05) is 0 Å². The minimum absolute atomic E-state index is 0.0579. The third kappa shape index (κ3) is 5.53. The molecule has 0 amide bonds. The first-order valence-electron chi connectivity index (χ1n) is 10.8. The fourth-order valence-corrected chi connectivity index (χ4v) is 3.40. The molecule has 200 valence electrons. The molecular formula is C23H22F6N4O4. The van der Waals surface area contributed by atoms with Crippen molar-refractivity contribution in [3.05, 3.63) is 78.6 Å². The monoisotopic (exact) mass is 532 g/mol. The molecule has 0 aliphatic rings. The van der Waals surface area contributed by atoms with Gasteiger partial charge in [0.05, 0.1) is 18.4 Å². The van der Waals surface area contributed by atoms with E-state index < -0.39 is 65.3 Å². The molecule has 0 saturated heterocycles. The predicted octanol–water partition coefficient (Wildman–Crippen LogP) is 4.44. The van der Waals surface area contributed by atoms with Crippen LogP contribution in [0.5, 0.6) is 11.5 Å². The minimum Gasteiger partial charge on any atom is -0.449 e. The Morgan fingerprint density at radius 3 is 2.32 bits per heavy atom. The predicted molar refractivity (Wildman–Crippen MR) is 119 cm³/mol. The number of rotatable bonds is 8. The van der Waals surface area contributed by atoms with Crippen LogP contribution in [0.1, 0.15) is 58.9 Å². The van der Waals surface area contributed by atoms with Gasteiger partial charge in [-0.15, -0.1) is 0 Å². The second-order valence-electron chi connectivity index (χ2n) is 8.33. The van der Waals surface area contributed by atoms with Crippen LogP contribution in [0.2, 0.25) is 0 Å². The number of ether oxygens (including phenoxy) is 1. The van der Waals surface area contributed by atoms with Gasteiger partial charge in [-0.2, -0.15) is 8.78 Å². The molecule has 3 rings (SSSR count). The van der Waals surface area contributed by atoms with Gasteiger partial charge >= 0.3 is 12.3 Å². The van der Waals surface area contributed by atoms with E-state index in [4.69, 9.17) is 4.74 Å². The first-order valence-corrected chi connectivity index (χ1v) is 10.8. The molecule has 3 aromatic rings. The van der Waals surface area contributed by atoms with Gasteiger partial charge in [0.25, 0.3) is 17.5 Å². The summed E-state index contributed by atoms with van der Waals surface area (Å²) in [5.41, 5.74) is -3.93. The summed E-state index contributed by atoms with van der Waals surface area (Å²) in [7, 11) is 0. The number of H-pyrrole nitrogens is 1. The minimum atomic E-state index is -4.93. The number of alkyl halides is 6. The number of aliphatic hydroxyl groups excluding tert-OH is 1. The molecule has 0 fully saturated rings. The lowest BCUT2D eigenvalue weighted by molar-refractivity contribution is -0.139. The highest BCUT2D eigenvalue weighted by Gasteiger charge is 2.48. The van der Waals surface area contributed by atoms with Crippen molar-refractivity contribution in [2.24, 2.45) is 0 Å². The van der Waals surface area contributed by atoms with E-state index in [9.17, 15) is 41.0 Å². The molecule has 2 heterocycles. The number of aliphatic hydroxyl groups is 1. The van der Waals surface area contributed by atoms with Gasteiger partial charge in [0, 0.05) is 11.3 Å². The summed E-state index contributed by atoms with van der Waals surface area (Å²) in [4.78, 5) is 35.3. The molecule has 14 heteroatoms. The van der Waals surface area contributed by atoms with Crippen molar-refractivity contribution in [1.29, 1.82) is 0 Å². The standard InChI is InChI=1S/C23H22F6N4O4/c1-9-5-13(18(24)25)6-15(10(9)2)37-16-17(23(28,29)22(26)27)30-8-33(21(16)36)7-14-11(3)31-19(12(4)34)32-20(14)35/h5-6,8,12,18,22,34H,7H2,1-4H3,(H,31,32,35). The number of halogens is 6. The Hall–Kier alpha value is -3.68. The van der Waals surface area contributed by atoms with Crippen LogP contribution < -0.4 is 15.9 Å². The quantitative estimate of drug-likeness (QED) is 0.415. The third-order valence-electron chi connectivity index (χ3n) is 5.66. The van der Waals surface area contributed by atoms with E-state index in [1.54, 1.807) is 0 Å². The molecule has 0 bridgehead atoms. The molecule has 0 aliphatic carbocycles. The Balaban J connectivity index is 2.21. The van der Waals surface area contributed by atoms with Gasteiger partial charge in [-0.3, -0.25) is 14.2 Å². The molecule has 37 heavy (non-hydrogen) atoms. The zero-order valence-corrected chi connectivity index (χ0v) is 20.0. The zero-order chi connectivity index (χ0) is 27.8. The summed E-state index contributed by atoms with van der Waals surface area (Å²) in [6, 6.07) is 1.93. The maximum Gasteiger partial charge on any atom is 0.352 e. The summed E-state index contributed by atoms with van der Waals surface area (Å²) in [5, 5.41) is 9.63. The van der Waals surface area contributed by atoms with Gasteiger partial charge in [-0.1, -0.05) is 0 Å². The van der Waals surface area contributed by atoms with E-state index in [1.165, 1.54) is 27.7 Å². The van der Waals surface area contributed by atoms with Gasteiger partial charge in [-0.25, -0.2) is 27.5 Å². The normalized spacial score (nSPS) is 12.9. The highest BCUT2D eigenvalue weighted by molar-refractivity contribution is 5.46. The zero-order valence-electron chi connectivity index (χ0n) is 20.0. The Morgan fingerprint density at radius 1 is 1.14 bits per heavy atom. The largest absolute Gasteiger partial charge is 0.449 e. The van der Waals surface area contributed by atoms with E-state index in [-0.39, 0.29) is 28.2 Å². The molecule has 1 atom stereocenters. The highest BCUT2D eigenvalue weighted by atomic mass is 19.3. The molecule has 0 radical (unpaired) electrons. The molecule has 2 aromatic heterocycles. The van der Waals surface area contributed by atoms with Gasteiger partial charge in [0.1, 0.15) is 17.7 Å². The molecule has 0 spiro atoms. The topological polar surface area (TPSA) is 110 Å². The summed E-state index contributed by atoms with van der Waals surface area (Å²) in [6.07, 6.45) is -7.82. The van der Waals surface area contributed by atoms with Gasteiger partial charge < -0.3 is 14.8 Å². The average Bonchev–Trinajstić information content (AvgIpc) is 2.80. The molecule has 2 N–H and O–H groups in total. The van der Waals surface area contributed by atoms with E-state index in [0.29, 0.717) is 10.9 Å². The number of benzene rings is 1. The van der Waals surface area contributed by atoms with Crippen LogP contribution in [0.25, 0.3) is 0 Å². The second-order valence-corrected chi connectivity index (χ2v) is 8.33. The lowest BCUT2D eigenvalue weighted by Crippen LogP contribution is -2.33. The van der Waals surface area contributed by atoms with Crippen LogP contribution >= 0.6 is 0 Å². The van der Waals surface area contributed by atoms with E-state index in [1.807, 2.05) is 0 Å². The van der Waals surface area contributed by atoms with E-state index in [0.717, 1.165) is 12.1 Å². The number of hydrogen-bond acceptors (Lipinski definition) is 6. The molecule has 0 aliphatic heterocycles. The lowest BCUT2D eigenvalue weighted by Gasteiger charge is -2.20. The smallest absolute Gasteiger partial charge is 0.352 e. The summed E-state index contributed by atoms with van der Waals surface area (Å²) >= 11 is 0. The van der Waals surface area contributed by atoms with Gasteiger partial charge in [-0.05, 0) is 51.0 Å². The highest BCUT2D eigenvalue weighted by Crippen LogP contribution is 2.39. The number of aryl methyl sites for hydroxylation is 2. The number of aromatic nitrogens is 4. The lowest BCUT2D eigenvalue weighted by atomic mass is 10.0. The first-order chi connectivity index (χ1) is 17.1. The Kier molecular flexibility index (Phi) is 7.81. The number of nitrogens with zero attached hydrogens (tertiary/aromatic N) is 3. The molecule has 8 nitrogen and oxygen atoms in total. The first kappa shape index (κ1) is 27.9. The van der Waals surface area contributed by atoms with Gasteiger partial charge in [0.15, 0.2) is 5.69 Å². The van der Waals surface area contributed by atoms with Crippen LogP contribution in [0.4, 0.5) is 26.3 Å². The third-order valence-corrected chi connectivity index (χ3v) is 5.66. The van der Waals surface area contributed by atoms with Crippen molar-refractivity contribution in [1.82, 2.24) is 19.5 Å². The molecule has 1 aromatic carbocycles. The van der Waals surface area contributed by atoms with Crippen LogP contribution in [-0.4, -0.2) is 31.1 Å². The van der Waals surface area contributed by atoms with Crippen molar-refractivity contribution >= 4 is 0 Å².